The van der Waals surface area contributed by atoms with Crippen LogP contribution in [0.4, 0.5) is 0 Å². The predicted octanol–water partition coefficient (Wildman–Crippen LogP) is 3.68. The average Bonchev–Trinajstić information content (AvgIpc) is 2.99. The first kappa shape index (κ1) is 17.2. The van der Waals surface area contributed by atoms with Gasteiger partial charge in [-0.3, -0.25) is 9.78 Å². The van der Waals surface area contributed by atoms with Crippen molar-refractivity contribution in [1.82, 2.24) is 15.2 Å². The van der Waals surface area contributed by atoms with Gasteiger partial charge < -0.3 is 10.2 Å². The summed E-state index contributed by atoms with van der Waals surface area (Å²) in [7, 11) is 0. The van der Waals surface area contributed by atoms with Crippen LogP contribution in [0.2, 0.25) is 0 Å². The average molecular weight is 349 g/mol. The summed E-state index contributed by atoms with van der Waals surface area (Å²) < 4.78 is 0. The van der Waals surface area contributed by atoms with E-state index in [0.29, 0.717) is 18.4 Å². The molecular formula is C22H27N3O. The number of nitrogens with zero attached hydrogens (tertiary/aromatic N) is 2. The van der Waals surface area contributed by atoms with Crippen LogP contribution in [0.5, 0.6) is 0 Å². The Morgan fingerprint density at radius 2 is 1.81 bits per heavy atom. The normalized spacial score (nSPS) is 25.8. The number of rotatable bonds is 5. The van der Waals surface area contributed by atoms with Crippen molar-refractivity contribution in [1.29, 1.82) is 0 Å². The van der Waals surface area contributed by atoms with E-state index in [1.165, 1.54) is 11.1 Å². The zero-order chi connectivity index (χ0) is 17.8. The van der Waals surface area contributed by atoms with Crippen molar-refractivity contribution in [2.75, 3.05) is 0 Å². The fraction of sp³-hybridized carbons (Fsp3) is 0.455. The maximum Gasteiger partial charge on any atom is 0.223 e. The van der Waals surface area contributed by atoms with E-state index in [9.17, 15) is 4.79 Å². The summed E-state index contributed by atoms with van der Waals surface area (Å²) in [6.07, 6.45) is 9.96. The number of hydrogen-bond acceptors (Lipinski definition) is 3. The molecule has 1 spiro atoms. The second-order valence-electron chi connectivity index (χ2n) is 7.71. The third kappa shape index (κ3) is 3.65. The van der Waals surface area contributed by atoms with Crippen LogP contribution in [0.3, 0.4) is 0 Å². The van der Waals surface area contributed by atoms with Crippen molar-refractivity contribution in [3.05, 3.63) is 66.0 Å². The first-order valence-electron chi connectivity index (χ1n) is 9.72. The summed E-state index contributed by atoms with van der Waals surface area (Å²) in [6.45, 7) is 1.63. The Bertz CT molecular complexity index is 724. The van der Waals surface area contributed by atoms with Gasteiger partial charge in [-0.15, -0.1) is 0 Å². The monoisotopic (exact) mass is 349 g/mol. The Balaban J connectivity index is 1.36. The van der Waals surface area contributed by atoms with Crippen molar-refractivity contribution in [2.45, 2.75) is 63.2 Å². The smallest absolute Gasteiger partial charge is 0.223 e. The highest BCUT2D eigenvalue weighted by atomic mass is 16.2. The highest BCUT2D eigenvalue weighted by Crippen LogP contribution is 2.43. The first-order valence-corrected chi connectivity index (χ1v) is 9.72. The van der Waals surface area contributed by atoms with Crippen molar-refractivity contribution in [3.63, 3.8) is 0 Å². The van der Waals surface area contributed by atoms with Gasteiger partial charge in [0.25, 0.3) is 0 Å². The lowest BCUT2D eigenvalue weighted by Gasteiger charge is -2.44. The Hall–Kier alpha value is -2.20. The van der Waals surface area contributed by atoms with Gasteiger partial charge in [0.05, 0.1) is 0 Å². The number of carbonyl (C=O) groups is 1. The highest BCUT2D eigenvalue weighted by Gasteiger charge is 2.46. The third-order valence-corrected chi connectivity index (χ3v) is 6.10. The summed E-state index contributed by atoms with van der Waals surface area (Å²) >= 11 is 0. The van der Waals surface area contributed by atoms with Crippen molar-refractivity contribution in [2.24, 2.45) is 0 Å². The number of benzene rings is 1. The molecule has 26 heavy (non-hydrogen) atoms. The van der Waals surface area contributed by atoms with Gasteiger partial charge in [-0.25, -0.2) is 0 Å². The maximum atomic E-state index is 12.5. The number of likely N-dealkylation sites (tertiary alicyclic amines) is 1. The molecule has 136 valence electrons. The summed E-state index contributed by atoms with van der Waals surface area (Å²) in [5.41, 5.74) is 2.55. The maximum absolute atomic E-state index is 12.5. The summed E-state index contributed by atoms with van der Waals surface area (Å²) in [5.74, 6) is 0.329. The van der Waals surface area contributed by atoms with Gasteiger partial charge in [0.1, 0.15) is 0 Å². The molecule has 0 unspecified atom stereocenters. The molecule has 2 fully saturated rings. The molecular weight excluding hydrogens is 322 g/mol. The summed E-state index contributed by atoms with van der Waals surface area (Å²) in [5, 5.41) is 3.68. The molecule has 4 heteroatoms. The molecule has 4 rings (SSSR count). The lowest BCUT2D eigenvalue weighted by molar-refractivity contribution is -0.133. The van der Waals surface area contributed by atoms with Crippen LogP contribution in [0.15, 0.2) is 54.9 Å². The number of nitrogens with one attached hydrogen (secondary N) is 1. The second-order valence-corrected chi connectivity index (χ2v) is 7.71. The van der Waals surface area contributed by atoms with Gasteiger partial charge in [-0.1, -0.05) is 36.4 Å². The van der Waals surface area contributed by atoms with Crippen molar-refractivity contribution < 1.29 is 4.79 Å². The van der Waals surface area contributed by atoms with Gasteiger partial charge in [-0.2, -0.15) is 0 Å². The Morgan fingerprint density at radius 3 is 2.54 bits per heavy atom. The van der Waals surface area contributed by atoms with E-state index in [1.54, 1.807) is 0 Å². The van der Waals surface area contributed by atoms with Crippen LogP contribution in [-0.4, -0.2) is 27.4 Å². The molecule has 1 aliphatic heterocycles. The molecule has 0 bridgehead atoms. The lowest BCUT2D eigenvalue weighted by Crippen LogP contribution is -2.50. The minimum atomic E-state index is 0.0827. The molecule has 0 radical (unpaired) electrons. The molecule has 1 aromatic carbocycles. The van der Waals surface area contributed by atoms with E-state index in [4.69, 9.17) is 0 Å². The molecule has 1 amide bonds. The van der Waals surface area contributed by atoms with E-state index < -0.39 is 0 Å². The van der Waals surface area contributed by atoms with E-state index in [1.807, 2.05) is 24.5 Å². The van der Waals surface area contributed by atoms with Crippen LogP contribution in [-0.2, 0) is 17.9 Å². The predicted molar refractivity (Wildman–Crippen MR) is 102 cm³/mol. The van der Waals surface area contributed by atoms with Gasteiger partial charge in [0.2, 0.25) is 5.91 Å². The minimum Gasteiger partial charge on any atom is -0.333 e. The first-order chi connectivity index (χ1) is 12.8. The number of pyridine rings is 1. The van der Waals surface area contributed by atoms with E-state index in [0.717, 1.165) is 45.2 Å². The van der Waals surface area contributed by atoms with E-state index >= 15 is 0 Å². The molecule has 1 saturated heterocycles. The second kappa shape index (κ2) is 7.58. The quantitative estimate of drug-likeness (QED) is 0.896. The molecule has 2 aliphatic rings. The highest BCUT2D eigenvalue weighted by molar-refractivity contribution is 5.79. The molecule has 1 aliphatic carbocycles. The fourth-order valence-corrected chi connectivity index (χ4v) is 4.54. The molecule has 1 aromatic heterocycles. The molecule has 0 atom stereocenters. The van der Waals surface area contributed by atoms with Crippen molar-refractivity contribution >= 4 is 5.91 Å². The van der Waals surface area contributed by atoms with Crippen LogP contribution >= 0.6 is 0 Å². The number of carbonyl (C=O) groups excluding carboxylic acids is 1. The summed E-state index contributed by atoms with van der Waals surface area (Å²) in [4.78, 5) is 18.9. The van der Waals surface area contributed by atoms with Gasteiger partial charge in [-0.05, 0) is 49.3 Å². The Labute approximate surface area is 155 Å². The van der Waals surface area contributed by atoms with Gasteiger partial charge >= 0.3 is 0 Å². The van der Waals surface area contributed by atoms with Crippen LogP contribution in [0.25, 0.3) is 0 Å². The topological polar surface area (TPSA) is 45.2 Å². The Kier molecular flexibility index (Phi) is 5.02. The number of amides is 1. The standard InChI is InChI=1S/C22H27N3O/c26-21-10-13-22(25(21)17-18-5-2-1-3-6-18)11-8-20(9-12-22)24-16-19-7-4-14-23-15-19/h1-7,14-15,20,24H,8-13,16-17H2. The Morgan fingerprint density at radius 1 is 1.04 bits per heavy atom. The van der Waals surface area contributed by atoms with Gasteiger partial charge in [0.15, 0.2) is 0 Å². The molecule has 2 aromatic rings. The zero-order valence-corrected chi connectivity index (χ0v) is 15.2. The number of aromatic nitrogens is 1. The van der Waals surface area contributed by atoms with Crippen molar-refractivity contribution in [3.8, 4) is 0 Å². The molecule has 4 nitrogen and oxygen atoms in total. The molecule has 1 N–H and O–H groups in total. The van der Waals surface area contributed by atoms with Crippen LogP contribution < -0.4 is 5.32 Å². The lowest BCUT2D eigenvalue weighted by atomic mass is 9.77. The van der Waals surface area contributed by atoms with Crippen LogP contribution in [0.1, 0.15) is 49.7 Å². The number of hydrogen-bond donors (Lipinski definition) is 1. The van der Waals surface area contributed by atoms with E-state index in [-0.39, 0.29) is 5.54 Å². The van der Waals surface area contributed by atoms with E-state index in [2.05, 4.69) is 45.5 Å². The summed E-state index contributed by atoms with van der Waals surface area (Å²) in [6, 6.07) is 15.0. The fourth-order valence-electron chi connectivity index (χ4n) is 4.54. The zero-order valence-electron chi connectivity index (χ0n) is 15.2. The molecule has 1 saturated carbocycles. The van der Waals surface area contributed by atoms with Crippen LogP contribution in [0, 0.1) is 0 Å². The largest absolute Gasteiger partial charge is 0.333 e. The van der Waals surface area contributed by atoms with Gasteiger partial charge in [0, 0.05) is 43.5 Å². The minimum absolute atomic E-state index is 0.0827. The third-order valence-electron chi connectivity index (χ3n) is 6.10. The molecule has 2 heterocycles. The SMILES string of the molecule is O=C1CCC2(CCC(NCc3cccnc3)CC2)N1Cc1ccccc1.